The standard InChI is InChI=1S/C19H25N5OS.ClH/c1-12-10-22-18-17(12)15(6-7-21-18)24-8-9-26-16(11-24)19(25)23-14-5-3-2-4-13(14)20;/h6-7,10-11,13-14H,2-5,8-9,20H2,1H3,(H,21,22)(H,23,25);1H/t13-,14+;/m1./s1. The number of fused-ring (bicyclic) bond motifs is 1. The normalized spacial score (nSPS) is 22.9. The van der Waals surface area contributed by atoms with E-state index in [1.807, 2.05) is 24.7 Å². The van der Waals surface area contributed by atoms with E-state index in [9.17, 15) is 4.79 Å². The van der Waals surface area contributed by atoms with Gasteiger partial charge in [0.05, 0.1) is 10.6 Å². The number of aromatic nitrogens is 2. The highest BCUT2D eigenvalue weighted by Crippen LogP contribution is 2.32. The molecule has 4 rings (SSSR count). The van der Waals surface area contributed by atoms with E-state index in [2.05, 4.69) is 27.1 Å². The first-order valence-corrected chi connectivity index (χ1v) is 10.2. The molecular weight excluding hydrogens is 382 g/mol. The minimum absolute atomic E-state index is 0. The molecule has 1 fully saturated rings. The number of nitrogens with one attached hydrogen (secondary N) is 2. The highest BCUT2D eigenvalue weighted by atomic mass is 35.5. The largest absolute Gasteiger partial charge is 0.347 e. The van der Waals surface area contributed by atoms with Crippen molar-refractivity contribution in [3.8, 4) is 0 Å². The van der Waals surface area contributed by atoms with Gasteiger partial charge in [0, 0.05) is 48.4 Å². The van der Waals surface area contributed by atoms with Crippen molar-refractivity contribution in [1.82, 2.24) is 15.3 Å². The van der Waals surface area contributed by atoms with Crippen molar-refractivity contribution >= 4 is 46.8 Å². The van der Waals surface area contributed by atoms with Crippen molar-refractivity contribution in [1.29, 1.82) is 0 Å². The molecule has 1 amide bonds. The maximum atomic E-state index is 12.8. The van der Waals surface area contributed by atoms with Crippen LogP contribution in [-0.2, 0) is 4.79 Å². The first-order chi connectivity index (χ1) is 12.6. The van der Waals surface area contributed by atoms with Gasteiger partial charge >= 0.3 is 0 Å². The molecular formula is C19H26ClN5OS. The van der Waals surface area contributed by atoms with E-state index in [1.54, 1.807) is 11.8 Å². The van der Waals surface area contributed by atoms with Gasteiger partial charge in [-0.05, 0) is 31.4 Å². The second kappa shape index (κ2) is 8.54. The number of amides is 1. The van der Waals surface area contributed by atoms with Gasteiger partial charge < -0.3 is 20.9 Å². The van der Waals surface area contributed by atoms with E-state index in [0.717, 1.165) is 65.2 Å². The molecule has 2 aromatic rings. The van der Waals surface area contributed by atoms with Gasteiger partial charge in [-0.3, -0.25) is 4.79 Å². The molecule has 2 aromatic heterocycles. The highest BCUT2D eigenvalue weighted by molar-refractivity contribution is 8.04. The topological polar surface area (TPSA) is 87.0 Å². The summed E-state index contributed by atoms with van der Waals surface area (Å²) in [5, 5.41) is 4.27. The molecule has 146 valence electrons. The summed E-state index contributed by atoms with van der Waals surface area (Å²) in [4.78, 5) is 23.3. The molecule has 6 nitrogen and oxygen atoms in total. The van der Waals surface area contributed by atoms with Gasteiger partial charge in [-0.2, -0.15) is 0 Å². The van der Waals surface area contributed by atoms with Crippen LogP contribution in [0.5, 0.6) is 0 Å². The van der Waals surface area contributed by atoms with Crippen LogP contribution in [0.2, 0.25) is 0 Å². The predicted molar refractivity (Wildman–Crippen MR) is 114 cm³/mol. The molecule has 27 heavy (non-hydrogen) atoms. The fourth-order valence-corrected chi connectivity index (χ4v) is 4.73. The zero-order valence-electron chi connectivity index (χ0n) is 15.4. The molecule has 3 heterocycles. The van der Waals surface area contributed by atoms with Crippen LogP contribution in [0.4, 0.5) is 5.69 Å². The zero-order chi connectivity index (χ0) is 18.1. The van der Waals surface area contributed by atoms with Crippen molar-refractivity contribution in [3.63, 3.8) is 0 Å². The van der Waals surface area contributed by atoms with Gasteiger partial charge in [0.15, 0.2) is 0 Å². The van der Waals surface area contributed by atoms with Crippen LogP contribution in [0.3, 0.4) is 0 Å². The molecule has 1 aliphatic carbocycles. The number of halogens is 1. The Balaban J connectivity index is 0.00000210. The number of carbonyl (C=O) groups is 1. The molecule has 0 unspecified atom stereocenters. The van der Waals surface area contributed by atoms with Crippen LogP contribution in [0, 0.1) is 6.92 Å². The Bertz CT molecular complexity index is 852. The third-order valence-corrected chi connectivity index (χ3v) is 6.27. The molecule has 0 spiro atoms. The van der Waals surface area contributed by atoms with Gasteiger partial charge in [0.25, 0.3) is 5.91 Å². The van der Waals surface area contributed by atoms with E-state index in [0.29, 0.717) is 0 Å². The molecule has 1 aliphatic heterocycles. The lowest BCUT2D eigenvalue weighted by molar-refractivity contribution is -0.117. The SMILES string of the molecule is Cc1c[nH]c2nccc(N3C=C(C(=O)N[C@H]4CCCC[C@H]4N)SCC3)c12.Cl. The Morgan fingerprint density at radius 3 is 3.04 bits per heavy atom. The van der Waals surface area contributed by atoms with E-state index in [1.165, 1.54) is 0 Å². The Morgan fingerprint density at radius 2 is 2.22 bits per heavy atom. The zero-order valence-corrected chi connectivity index (χ0v) is 17.0. The maximum Gasteiger partial charge on any atom is 0.259 e. The number of aryl methyl sites for hydroxylation is 1. The van der Waals surface area contributed by atoms with Crippen LogP contribution < -0.4 is 16.0 Å². The van der Waals surface area contributed by atoms with Crippen LogP contribution in [0.25, 0.3) is 11.0 Å². The van der Waals surface area contributed by atoms with Gasteiger partial charge in [-0.15, -0.1) is 24.2 Å². The smallest absolute Gasteiger partial charge is 0.259 e. The van der Waals surface area contributed by atoms with Crippen LogP contribution in [0.15, 0.2) is 29.6 Å². The molecule has 8 heteroatoms. The molecule has 0 saturated heterocycles. The molecule has 0 radical (unpaired) electrons. The second-order valence-corrected chi connectivity index (χ2v) is 8.23. The Labute approximate surface area is 169 Å². The first kappa shape index (κ1) is 20.0. The van der Waals surface area contributed by atoms with Gasteiger partial charge in [0.1, 0.15) is 5.65 Å². The summed E-state index contributed by atoms with van der Waals surface area (Å²) >= 11 is 1.61. The van der Waals surface area contributed by atoms with Crippen LogP contribution in [0.1, 0.15) is 31.2 Å². The quantitative estimate of drug-likeness (QED) is 0.727. The molecule has 2 aliphatic rings. The summed E-state index contributed by atoms with van der Waals surface area (Å²) in [6.45, 7) is 2.94. The predicted octanol–water partition coefficient (Wildman–Crippen LogP) is 3.07. The average molecular weight is 408 g/mol. The molecule has 2 atom stereocenters. The number of carbonyl (C=O) groups excluding carboxylic acids is 1. The summed E-state index contributed by atoms with van der Waals surface area (Å²) < 4.78 is 0. The van der Waals surface area contributed by atoms with Crippen LogP contribution in [-0.4, -0.2) is 40.3 Å². The molecule has 0 bridgehead atoms. The minimum Gasteiger partial charge on any atom is -0.347 e. The highest BCUT2D eigenvalue weighted by Gasteiger charge is 2.26. The van der Waals surface area contributed by atoms with Gasteiger partial charge in [-0.25, -0.2) is 4.98 Å². The van der Waals surface area contributed by atoms with E-state index >= 15 is 0 Å². The second-order valence-electron chi connectivity index (χ2n) is 7.09. The number of H-pyrrole nitrogens is 1. The average Bonchev–Trinajstić information content (AvgIpc) is 3.05. The summed E-state index contributed by atoms with van der Waals surface area (Å²) in [6.07, 6.45) is 10.0. The monoisotopic (exact) mass is 407 g/mol. The number of thioether (sulfide) groups is 1. The van der Waals surface area contributed by atoms with E-state index in [4.69, 9.17) is 5.73 Å². The summed E-state index contributed by atoms with van der Waals surface area (Å²) in [6, 6.07) is 2.18. The summed E-state index contributed by atoms with van der Waals surface area (Å²) in [5.41, 5.74) is 9.31. The number of hydrogen-bond donors (Lipinski definition) is 3. The summed E-state index contributed by atoms with van der Waals surface area (Å²) in [7, 11) is 0. The fraction of sp³-hybridized carbons (Fsp3) is 0.474. The maximum absolute atomic E-state index is 12.8. The Morgan fingerprint density at radius 1 is 1.41 bits per heavy atom. The van der Waals surface area contributed by atoms with Crippen molar-refractivity contribution in [2.75, 3.05) is 17.2 Å². The van der Waals surface area contributed by atoms with Crippen molar-refractivity contribution in [2.24, 2.45) is 5.73 Å². The van der Waals surface area contributed by atoms with Gasteiger partial charge in [-0.1, -0.05) is 12.8 Å². The third-order valence-electron chi connectivity index (χ3n) is 5.28. The summed E-state index contributed by atoms with van der Waals surface area (Å²) in [5.74, 6) is 0.877. The lowest BCUT2D eigenvalue weighted by Gasteiger charge is -2.31. The molecule has 1 saturated carbocycles. The minimum atomic E-state index is -0.00172. The fourth-order valence-electron chi connectivity index (χ4n) is 3.83. The van der Waals surface area contributed by atoms with Crippen LogP contribution >= 0.6 is 24.2 Å². The van der Waals surface area contributed by atoms with Crippen molar-refractivity contribution < 1.29 is 4.79 Å². The molecule has 0 aromatic carbocycles. The third kappa shape index (κ3) is 4.10. The first-order valence-electron chi connectivity index (χ1n) is 9.24. The van der Waals surface area contributed by atoms with Crippen molar-refractivity contribution in [2.45, 2.75) is 44.7 Å². The lowest BCUT2D eigenvalue weighted by atomic mass is 9.91. The number of aromatic amines is 1. The lowest BCUT2D eigenvalue weighted by Crippen LogP contribution is -2.49. The number of nitrogens with two attached hydrogens (primary N) is 1. The molecule has 4 N–H and O–H groups in total. The Kier molecular flexibility index (Phi) is 6.34. The number of rotatable bonds is 3. The number of hydrogen-bond acceptors (Lipinski definition) is 5. The van der Waals surface area contributed by atoms with Crippen molar-refractivity contribution in [3.05, 3.63) is 35.1 Å². The number of anilines is 1. The van der Waals surface area contributed by atoms with E-state index < -0.39 is 0 Å². The van der Waals surface area contributed by atoms with Gasteiger partial charge in [0.2, 0.25) is 0 Å². The number of pyridine rings is 1. The van der Waals surface area contributed by atoms with E-state index in [-0.39, 0.29) is 30.4 Å². The number of nitrogens with zero attached hydrogens (tertiary/aromatic N) is 2. The Hall–Kier alpha value is -1.70.